The summed E-state index contributed by atoms with van der Waals surface area (Å²) in [4.78, 5) is 15.5. The Hall–Kier alpha value is -1.86. The first-order chi connectivity index (χ1) is 10.4. The molecule has 0 aliphatic heterocycles. The minimum absolute atomic E-state index is 0.188. The first-order valence-corrected chi connectivity index (χ1v) is 6.97. The number of hydrogen-bond acceptors (Lipinski definition) is 4. The molecule has 8 heteroatoms. The number of aromatic nitrogens is 1. The predicted octanol–water partition coefficient (Wildman–Crippen LogP) is 2.81. The van der Waals surface area contributed by atoms with Crippen LogP contribution < -0.4 is 4.90 Å². The highest BCUT2D eigenvalue weighted by Crippen LogP contribution is 2.35. The van der Waals surface area contributed by atoms with E-state index in [1.807, 2.05) is 0 Å². The molecule has 1 saturated carbocycles. The molecular formula is C14H16F4N2O2. The molecule has 0 N–H and O–H groups in total. The minimum Gasteiger partial charge on any atom is -0.466 e. The Kier molecular flexibility index (Phi) is 4.87. The lowest BCUT2D eigenvalue weighted by atomic mass is 10.0. The summed E-state index contributed by atoms with van der Waals surface area (Å²) in [5.74, 6) is -7.65. The maximum absolute atomic E-state index is 13.8. The van der Waals surface area contributed by atoms with Crippen LogP contribution in [0.15, 0.2) is 0 Å². The lowest BCUT2D eigenvalue weighted by molar-refractivity contribution is -0.148. The normalized spacial score (nSPS) is 21.0. The van der Waals surface area contributed by atoms with E-state index in [2.05, 4.69) is 4.98 Å². The highest BCUT2D eigenvalue weighted by atomic mass is 19.2. The molecule has 2 unspecified atom stereocenters. The number of hydrogen-bond donors (Lipinski definition) is 0. The topological polar surface area (TPSA) is 42.4 Å². The molecule has 4 nitrogen and oxygen atoms in total. The van der Waals surface area contributed by atoms with Crippen LogP contribution in [0, 0.1) is 29.4 Å². The first-order valence-electron chi connectivity index (χ1n) is 6.97. The van der Waals surface area contributed by atoms with E-state index >= 15 is 0 Å². The monoisotopic (exact) mass is 320 g/mol. The molecule has 1 heterocycles. The van der Waals surface area contributed by atoms with Crippen molar-refractivity contribution in [3.8, 4) is 0 Å². The van der Waals surface area contributed by atoms with E-state index in [-0.39, 0.29) is 6.61 Å². The summed E-state index contributed by atoms with van der Waals surface area (Å²) < 4.78 is 59.0. The average molecular weight is 320 g/mol. The number of ether oxygens (including phenoxy) is 1. The molecule has 0 radical (unpaired) electrons. The van der Waals surface area contributed by atoms with Gasteiger partial charge in [0.25, 0.3) is 11.9 Å². The highest BCUT2D eigenvalue weighted by Gasteiger charge is 2.39. The van der Waals surface area contributed by atoms with Gasteiger partial charge in [-0.3, -0.25) is 4.79 Å². The van der Waals surface area contributed by atoms with Crippen molar-refractivity contribution in [1.29, 1.82) is 0 Å². The summed E-state index contributed by atoms with van der Waals surface area (Å²) in [6.45, 7) is 1.84. The summed E-state index contributed by atoms with van der Waals surface area (Å²) in [6, 6.07) is -0.593. The fourth-order valence-electron chi connectivity index (χ4n) is 2.88. The largest absolute Gasteiger partial charge is 0.466 e. The zero-order valence-electron chi connectivity index (χ0n) is 12.2. The number of carbonyl (C=O) groups is 1. The van der Waals surface area contributed by atoms with Crippen LogP contribution in [0.4, 0.5) is 23.2 Å². The standard InChI is InChI=1S/C14H16F4N2O2/c1-3-22-14(21)7-5-4-6-8(7)20(2)11-9(15)12(17)19-13(18)10(11)16/h7-8H,3-6H2,1-2H3. The van der Waals surface area contributed by atoms with Gasteiger partial charge in [-0.1, -0.05) is 6.42 Å². The Morgan fingerprint density at radius 2 is 1.82 bits per heavy atom. The van der Waals surface area contributed by atoms with E-state index in [9.17, 15) is 22.4 Å². The zero-order chi connectivity index (χ0) is 16.4. The van der Waals surface area contributed by atoms with Crippen molar-refractivity contribution >= 4 is 11.7 Å². The van der Waals surface area contributed by atoms with Crippen LogP contribution in [0.2, 0.25) is 0 Å². The number of esters is 1. The van der Waals surface area contributed by atoms with Gasteiger partial charge in [0.1, 0.15) is 5.69 Å². The van der Waals surface area contributed by atoms with Gasteiger partial charge in [0, 0.05) is 13.1 Å². The molecule has 0 aromatic carbocycles. The maximum Gasteiger partial charge on any atom is 0.311 e. The maximum atomic E-state index is 13.8. The van der Waals surface area contributed by atoms with E-state index in [1.54, 1.807) is 6.92 Å². The van der Waals surface area contributed by atoms with Crippen molar-refractivity contribution in [2.24, 2.45) is 5.92 Å². The van der Waals surface area contributed by atoms with Crippen molar-refractivity contribution in [2.75, 3.05) is 18.6 Å². The molecular weight excluding hydrogens is 304 g/mol. The fraction of sp³-hybridized carbons (Fsp3) is 0.571. The third-order valence-electron chi connectivity index (χ3n) is 3.89. The summed E-state index contributed by atoms with van der Waals surface area (Å²) in [6.07, 6.45) is 1.61. The Morgan fingerprint density at radius 1 is 1.23 bits per heavy atom. The van der Waals surface area contributed by atoms with Crippen LogP contribution in [0.1, 0.15) is 26.2 Å². The average Bonchev–Trinajstić information content (AvgIpc) is 2.95. The third kappa shape index (κ3) is 2.86. The van der Waals surface area contributed by atoms with Gasteiger partial charge in [0.05, 0.1) is 12.5 Å². The molecule has 1 aliphatic rings. The van der Waals surface area contributed by atoms with Crippen LogP contribution in [0.5, 0.6) is 0 Å². The van der Waals surface area contributed by atoms with Crippen molar-refractivity contribution < 1.29 is 27.1 Å². The minimum atomic E-state index is -1.72. The van der Waals surface area contributed by atoms with Gasteiger partial charge in [-0.2, -0.15) is 22.5 Å². The Morgan fingerprint density at radius 3 is 2.36 bits per heavy atom. The van der Waals surface area contributed by atoms with Crippen molar-refractivity contribution in [3.05, 3.63) is 23.5 Å². The molecule has 1 aromatic heterocycles. The van der Waals surface area contributed by atoms with Gasteiger partial charge < -0.3 is 9.64 Å². The summed E-state index contributed by atoms with van der Waals surface area (Å²) in [5, 5.41) is 0. The molecule has 0 saturated heterocycles. The quantitative estimate of drug-likeness (QED) is 0.486. The molecule has 22 heavy (non-hydrogen) atoms. The van der Waals surface area contributed by atoms with Crippen LogP contribution in [-0.4, -0.2) is 30.6 Å². The number of halogens is 4. The second kappa shape index (κ2) is 6.50. The SMILES string of the molecule is CCOC(=O)C1CCCC1N(C)c1c(F)c(F)nc(F)c1F. The van der Waals surface area contributed by atoms with E-state index < -0.39 is 47.1 Å². The van der Waals surface area contributed by atoms with Crippen LogP contribution in [-0.2, 0) is 9.53 Å². The van der Waals surface area contributed by atoms with E-state index in [0.29, 0.717) is 19.3 Å². The molecule has 1 aromatic rings. The summed E-state index contributed by atoms with van der Waals surface area (Å²) in [7, 11) is 1.29. The number of rotatable bonds is 4. The Labute approximate surface area is 125 Å². The number of anilines is 1. The second-order valence-electron chi connectivity index (χ2n) is 5.14. The fourth-order valence-corrected chi connectivity index (χ4v) is 2.88. The van der Waals surface area contributed by atoms with Gasteiger partial charge >= 0.3 is 5.97 Å². The highest BCUT2D eigenvalue weighted by molar-refractivity contribution is 5.74. The molecule has 1 fully saturated rings. The van der Waals surface area contributed by atoms with E-state index in [4.69, 9.17) is 4.74 Å². The number of pyridine rings is 1. The smallest absolute Gasteiger partial charge is 0.311 e. The first kappa shape index (κ1) is 16.5. The molecule has 0 spiro atoms. The van der Waals surface area contributed by atoms with Crippen molar-refractivity contribution in [3.63, 3.8) is 0 Å². The van der Waals surface area contributed by atoms with Crippen LogP contribution in [0.3, 0.4) is 0 Å². The van der Waals surface area contributed by atoms with E-state index in [1.165, 1.54) is 7.05 Å². The molecule has 2 atom stereocenters. The molecule has 2 rings (SSSR count). The van der Waals surface area contributed by atoms with Crippen LogP contribution >= 0.6 is 0 Å². The lowest BCUT2D eigenvalue weighted by Gasteiger charge is -2.30. The van der Waals surface area contributed by atoms with Gasteiger partial charge in [-0.15, -0.1) is 0 Å². The van der Waals surface area contributed by atoms with Crippen molar-refractivity contribution in [2.45, 2.75) is 32.2 Å². The van der Waals surface area contributed by atoms with Crippen molar-refractivity contribution in [1.82, 2.24) is 4.98 Å². The second-order valence-corrected chi connectivity index (χ2v) is 5.14. The summed E-state index contributed by atoms with van der Waals surface area (Å²) in [5.41, 5.74) is -0.855. The Balaban J connectivity index is 2.35. The van der Waals surface area contributed by atoms with Crippen LogP contribution in [0.25, 0.3) is 0 Å². The molecule has 122 valence electrons. The van der Waals surface area contributed by atoms with Gasteiger partial charge in [0.15, 0.2) is 0 Å². The molecule has 0 amide bonds. The van der Waals surface area contributed by atoms with Gasteiger partial charge in [-0.25, -0.2) is 0 Å². The Bertz CT molecular complexity index is 556. The lowest BCUT2D eigenvalue weighted by Crippen LogP contribution is -2.40. The van der Waals surface area contributed by atoms with Gasteiger partial charge in [0.2, 0.25) is 11.6 Å². The van der Waals surface area contributed by atoms with Gasteiger partial charge in [-0.05, 0) is 19.8 Å². The summed E-state index contributed by atoms with van der Waals surface area (Å²) >= 11 is 0. The van der Waals surface area contributed by atoms with E-state index in [0.717, 1.165) is 4.90 Å². The predicted molar refractivity (Wildman–Crippen MR) is 70.2 cm³/mol. The third-order valence-corrected chi connectivity index (χ3v) is 3.89. The zero-order valence-corrected chi connectivity index (χ0v) is 12.2. The number of carbonyl (C=O) groups excluding carboxylic acids is 1. The molecule has 1 aliphatic carbocycles. The molecule has 0 bridgehead atoms. The number of nitrogens with zero attached hydrogens (tertiary/aromatic N) is 2.